The predicted molar refractivity (Wildman–Crippen MR) is 174 cm³/mol. The highest BCUT2D eigenvalue weighted by molar-refractivity contribution is 5.74. The molecule has 6 aliphatic carbocycles. The Hall–Kier alpha value is -0.990. The summed E-state index contributed by atoms with van der Waals surface area (Å²) in [6.07, 6.45) is -3.83. The molecule has 0 aromatic rings. The molecule has 9 heteroatoms. The lowest BCUT2D eigenvalue weighted by Crippen LogP contribution is -2.58. The van der Waals surface area contributed by atoms with Gasteiger partial charge in [-0.3, -0.25) is 4.79 Å². The maximum Gasteiger partial charge on any atom is 0.426 e. The standard InChI is InChI=1S/C20H32O2.C13H18F6O.4CH4/c1-11-12(2)16-9-15(11)10-17(16)19(21)22-20(3,4)18-8-13-5-6-14(18)7-13;1-6-7(2)10-4-8(6)3-9(10)5-11(20,12(14,15)16)13(17,18)19;;;;/h11-18H,5-10H2,1-4H3;6-10,20H,3-5H2,1-2H3;4*1H4. The molecule has 0 aliphatic heterocycles. The number of alkyl halides is 6. The van der Waals surface area contributed by atoms with Gasteiger partial charge < -0.3 is 9.84 Å². The Morgan fingerprint density at radius 1 is 0.674 bits per heavy atom. The van der Waals surface area contributed by atoms with Crippen LogP contribution in [-0.4, -0.2) is 34.6 Å². The van der Waals surface area contributed by atoms with E-state index in [-0.39, 0.29) is 64.9 Å². The molecule has 274 valence electrons. The van der Waals surface area contributed by atoms with E-state index in [1.807, 2.05) is 13.8 Å². The largest absolute Gasteiger partial charge is 0.459 e. The number of esters is 1. The molecule has 0 amide bonds. The Bertz CT molecular complexity index is 990. The molecule has 0 aromatic heterocycles. The van der Waals surface area contributed by atoms with Gasteiger partial charge in [-0.05, 0) is 130 Å². The summed E-state index contributed by atoms with van der Waals surface area (Å²) in [6, 6.07) is 0. The highest BCUT2D eigenvalue weighted by atomic mass is 19.4. The summed E-state index contributed by atoms with van der Waals surface area (Å²) in [6.45, 7) is 12.9. The van der Waals surface area contributed by atoms with Crippen LogP contribution in [0.3, 0.4) is 0 Å². The molecule has 3 nitrogen and oxygen atoms in total. The lowest BCUT2D eigenvalue weighted by atomic mass is 9.72. The van der Waals surface area contributed by atoms with Crippen molar-refractivity contribution < 1.29 is 41.0 Å². The molecule has 13 unspecified atom stereocenters. The van der Waals surface area contributed by atoms with Crippen molar-refractivity contribution in [1.82, 2.24) is 0 Å². The lowest BCUT2D eigenvalue weighted by molar-refractivity contribution is -0.373. The molecule has 0 spiro atoms. The molecule has 6 saturated carbocycles. The number of ether oxygens (including phenoxy) is 1. The fourth-order valence-corrected chi connectivity index (χ4v) is 10.8. The third kappa shape index (κ3) is 7.29. The first-order valence-electron chi connectivity index (χ1n) is 16.3. The van der Waals surface area contributed by atoms with Crippen molar-refractivity contribution in [2.75, 3.05) is 0 Å². The molecular formula is C37H66F6O3. The summed E-state index contributed by atoms with van der Waals surface area (Å²) in [5.74, 6) is 5.27. The summed E-state index contributed by atoms with van der Waals surface area (Å²) in [4.78, 5) is 12.8. The number of halogens is 6. The summed E-state index contributed by atoms with van der Waals surface area (Å²) >= 11 is 0. The second-order valence-corrected chi connectivity index (χ2v) is 16.0. The van der Waals surface area contributed by atoms with Crippen LogP contribution in [0.1, 0.15) is 129 Å². The maximum atomic E-state index is 12.8. The molecule has 0 heterocycles. The van der Waals surface area contributed by atoms with Gasteiger partial charge in [0, 0.05) is 5.92 Å². The summed E-state index contributed by atoms with van der Waals surface area (Å²) < 4.78 is 82.4. The van der Waals surface area contributed by atoms with Crippen molar-refractivity contribution in [2.24, 2.45) is 76.9 Å². The molecule has 0 saturated heterocycles. The third-order valence-electron chi connectivity index (χ3n) is 13.7. The number of carbonyl (C=O) groups is 1. The van der Waals surface area contributed by atoms with Gasteiger partial charge in [0.15, 0.2) is 0 Å². The van der Waals surface area contributed by atoms with E-state index in [1.165, 1.54) is 32.1 Å². The number of aliphatic hydroxyl groups is 1. The van der Waals surface area contributed by atoms with Crippen LogP contribution >= 0.6 is 0 Å². The zero-order valence-electron chi connectivity index (χ0n) is 25.9. The molecule has 6 rings (SSSR count). The molecule has 13 atom stereocenters. The van der Waals surface area contributed by atoms with E-state index in [0.717, 1.165) is 30.1 Å². The smallest absolute Gasteiger partial charge is 0.426 e. The van der Waals surface area contributed by atoms with Gasteiger partial charge in [-0.2, -0.15) is 26.3 Å². The minimum Gasteiger partial charge on any atom is -0.459 e. The Balaban J connectivity index is 0.000000425. The molecule has 0 aromatic carbocycles. The third-order valence-corrected chi connectivity index (χ3v) is 13.7. The highest BCUT2D eigenvalue weighted by Gasteiger charge is 2.71. The molecule has 6 fully saturated rings. The van der Waals surface area contributed by atoms with Gasteiger partial charge in [-0.1, -0.05) is 63.8 Å². The van der Waals surface area contributed by atoms with E-state index in [1.54, 1.807) is 0 Å². The van der Waals surface area contributed by atoms with Crippen LogP contribution < -0.4 is 0 Å². The van der Waals surface area contributed by atoms with Gasteiger partial charge in [-0.25, -0.2) is 0 Å². The van der Waals surface area contributed by atoms with E-state index >= 15 is 0 Å². The number of rotatable bonds is 5. The van der Waals surface area contributed by atoms with Crippen LogP contribution in [0.15, 0.2) is 0 Å². The van der Waals surface area contributed by atoms with Crippen molar-refractivity contribution in [1.29, 1.82) is 0 Å². The average molecular weight is 673 g/mol. The maximum absolute atomic E-state index is 12.8. The van der Waals surface area contributed by atoms with Gasteiger partial charge in [0.1, 0.15) is 5.60 Å². The Morgan fingerprint density at radius 3 is 1.57 bits per heavy atom. The monoisotopic (exact) mass is 672 g/mol. The normalized spacial score (nSPS) is 40.6. The number of carbonyl (C=O) groups excluding carboxylic acids is 1. The Morgan fingerprint density at radius 2 is 1.17 bits per heavy atom. The van der Waals surface area contributed by atoms with Crippen LogP contribution in [0.4, 0.5) is 26.3 Å². The van der Waals surface area contributed by atoms with Crippen LogP contribution in [0.2, 0.25) is 0 Å². The Kier molecular flexibility index (Phi) is 13.5. The number of fused-ring (bicyclic) bond motifs is 6. The highest BCUT2D eigenvalue weighted by Crippen LogP contribution is 2.60. The summed E-state index contributed by atoms with van der Waals surface area (Å²) in [7, 11) is 0. The zero-order valence-corrected chi connectivity index (χ0v) is 25.9. The van der Waals surface area contributed by atoms with E-state index in [9.17, 15) is 36.2 Å². The van der Waals surface area contributed by atoms with Crippen molar-refractivity contribution in [3.8, 4) is 0 Å². The van der Waals surface area contributed by atoms with Gasteiger partial charge in [-0.15, -0.1) is 0 Å². The Labute approximate surface area is 276 Å². The lowest BCUT2D eigenvalue weighted by Gasteiger charge is -2.39. The van der Waals surface area contributed by atoms with Gasteiger partial charge >= 0.3 is 18.3 Å². The van der Waals surface area contributed by atoms with Crippen LogP contribution in [0, 0.1) is 76.9 Å². The second-order valence-electron chi connectivity index (χ2n) is 16.0. The van der Waals surface area contributed by atoms with Gasteiger partial charge in [0.05, 0.1) is 5.92 Å². The molecule has 0 radical (unpaired) electrons. The predicted octanol–water partition coefficient (Wildman–Crippen LogP) is 11.4. The molecular weight excluding hydrogens is 606 g/mol. The van der Waals surface area contributed by atoms with E-state index in [4.69, 9.17) is 4.74 Å². The van der Waals surface area contributed by atoms with E-state index in [0.29, 0.717) is 36.5 Å². The van der Waals surface area contributed by atoms with Crippen LogP contribution in [-0.2, 0) is 9.53 Å². The first-order chi connectivity index (χ1) is 19.2. The average Bonchev–Trinajstić information content (AvgIpc) is 3.71. The fourth-order valence-electron chi connectivity index (χ4n) is 10.8. The number of hydrogen-bond donors (Lipinski definition) is 1. The van der Waals surface area contributed by atoms with E-state index in [2.05, 4.69) is 27.7 Å². The molecule has 1 N–H and O–H groups in total. The topological polar surface area (TPSA) is 46.5 Å². The quantitative estimate of drug-likeness (QED) is 0.234. The first-order valence-corrected chi connectivity index (χ1v) is 16.3. The van der Waals surface area contributed by atoms with Crippen LogP contribution in [0.5, 0.6) is 0 Å². The van der Waals surface area contributed by atoms with E-state index < -0.39 is 30.3 Å². The number of hydrogen-bond acceptors (Lipinski definition) is 3. The molecule has 46 heavy (non-hydrogen) atoms. The second kappa shape index (κ2) is 14.5. The van der Waals surface area contributed by atoms with Crippen LogP contribution in [0.25, 0.3) is 0 Å². The van der Waals surface area contributed by atoms with Crippen molar-refractivity contribution in [3.63, 3.8) is 0 Å². The summed E-state index contributed by atoms with van der Waals surface area (Å²) in [5, 5.41) is 9.28. The van der Waals surface area contributed by atoms with Gasteiger partial charge in [0.2, 0.25) is 0 Å². The minimum absolute atomic E-state index is 0. The van der Waals surface area contributed by atoms with Crippen molar-refractivity contribution in [3.05, 3.63) is 0 Å². The first kappa shape index (κ1) is 43.0. The van der Waals surface area contributed by atoms with Crippen molar-refractivity contribution in [2.45, 2.75) is 153 Å². The fraction of sp³-hybridized carbons (Fsp3) is 0.973. The SMILES string of the molecule is C.C.C.C.CC1C2CC(C(=O)OC(C)(C)C3CC4CCC3C4)C(C2)C1C.CC1C2CC(CC(O)(C(F)(F)F)C(F)(F)F)C(C2)C1C. The molecule has 6 bridgehead atoms. The summed E-state index contributed by atoms with van der Waals surface area (Å²) in [5.41, 5.74) is -4.84. The molecule has 6 aliphatic rings. The van der Waals surface area contributed by atoms with Gasteiger partial charge in [0.25, 0.3) is 5.60 Å². The zero-order chi connectivity index (χ0) is 31.2. The minimum atomic E-state index is -5.69. The van der Waals surface area contributed by atoms with Crippen molar-refractivity contribution >= 4 is 5.97 Å².